The Hall–Kier alpha value is -2.84. The number of ether oxygens (including phenoxy) is 1. The molecule has 3 rings (SSSR count). The predicted octanol–water partition coefficient (Wildman–Crippen LogP) is 2.87. The van der Waals surface area contributed by atoms with Crippen molar-refractivity contribution >= 4 is 6.09 Å². The molecule has 5 heteroatoms. The molecule has 1 aliphatic rings. The fraction of sp³-hybridized carbons (Fsp3) is 0.263. The van der Waals surface area contributed by atoms with Gasteiger partial charge >= 0.3 is 6.09 Å². The van der Waals surface area contributed by atoms with Crippen LogP contribution in [0.3, 0.4) is 0 Å². The minimum atomic E-state index is -0.292. The van der Waals surface area contributed by atoms with Crippen LogP contribution in [0.1, 0.15) is 11.1 Å². The SMILES string of the molecule is N#Cc1ccc(CN2CCN(C(=O)Oc3ccccc3)CC2)cc1. The Balaban J connectivity index is 1.48. The molecule has 0 aromatic heterocycles. The molecule has 1 amide bonds. The quantitative estimate of drug-likeness (QED) is 0.872. The van der Waals surface area contributed by atoms with Gasteiger partial charge in [0.2, 0.25) is 0 Å². The van der Waals surface area contributed by atoms with Crippen LogP contribution in [0.15, 0.2) is 54.6 Å². The molecule has 24 heavy (non-hydrogen) atoms. The van der Waals surface area contributed by atoms with Crippen molar-refractivity contribution in [2.45, 2.75) is 6.54 Å². The van der Waals surface area contributed by atoms with E-state index in [4.69, 9.17) is 10.00 Å². The number of amides is 1. The summed E-state index contributed by atoms with van der Waals surface area (Å²) in [4.78, 5) is 16.2. The second-order valence-corrected chi connectivity index (χ2v) is 5.75. The maximum absolute atomic E-state index is 12.2. The molecule has 0 atom stereocenters. The van der Waals surface area contributed by atoms with Gasteiger partial charge < -0.3 is 9.64 Å². The molecular weight excluding hydrogens is 302 g/mol. The summed E-state index contributed by atoms with van der Waals surface area (Å²) in [5, 5.41) is 8.83. The van der Waals surface area contributed by atoms with E-state index in [1.807, 2.05) is 42.5 Å². The lowest BCUT2D eigenvalue weighted by Crippen LogP contribution is -2.49. The zero-order valence-corrected chi connectivity index (χ0v) is 13.4. The minimum absolute atomic E-state index is 0.292. The highest BCUT2D eigenvalue weighted by Crippen LogP contribution is 2.13. The van der Waals surface area contributed by atoms with E-state index in [9.17, 15) is 4.79 Å². The zero-order chi connectivity index (χ0) is 16.8. The highest BCUT2D eigenvalue weighted by Gasteiger charge is 2.22. The van der Waals surface area contributed by atoms with Gasteiger partial charge in [-0.1, -0.05) is 30.3 Å². The van der Waals surface area contributed by atoms with E-state index >= 15 is 0 Å². The number of hydrogen-bond acceptors (Lipinski definition) is 4. The summed E-state index contributed by atoms with van der Waals surface area (Å²) in [6.45, 7) is 3.75. The summed E-state index contributed by atoms with van der Waals surface area (Å²) in [5.41, 5.74) is 1.85. The molecule has 0 bridgehead atoms. The van der Waals surface area contributed by atoms with Gasteiger partial charge in [0.25, 0.3) is 0 Å². The van der Waals surface area contributed by atoms with Crippen LogP contribution < -0.4 is 4.74 Å². The molecule has 0 spiro atoms. The van der Waals surface area contributed by atoms with Crippen molar-refractivity contribution in [2.24, 2.45) is 0 Å². The van der Waals surface area contributed by atoms with Gasteiger partial charge in [-0.3, -0.25) is 4.90 Å². The monoisotopic (exact) mass is 321 g/mol. The Morgan fingerprint density at radius 2 is 1.67 bits per heavy atom. The maximum atomic E-state index is 12.2. The van der Waals surface area contributed by atoms with E-state index in [0.717, 1.165) is 19.6 Å². The number of hydrogen-bond donors (Lipinski definition) is 0. The molecular formula is C19H19N3O2. The number of carbonyl (C=O) groups excluding carboxylic acids is 1. The first kappa shape index (κ1) is 16.0. The largest absolute Gasteiger partial charge is 0.415 e. The van der Waals surface area contributed by atoms with Crippen LogP contribution in [0.2, 0.25) is 0 Å². The second kappa shape index (κ2) is 7.62. The summed E-state index contributed by atoms with van der Waals surface area (Å²) < 4.78 is 5.37. The number of nitrogens with zero attached hydrogens (tertiary/aromatic N) is 3. The minimum Gasteiger partial charge on any atom is -0.410 e. The molecule has 0 radical (unpaired) electrons. The van der Waals surface area contributed by atoms with Crippen molar-refractivity contribution < 1.29 is 9.53 Å². The average molecular weight is 321 g/mol. The van der Waals surface area contributed by atoms with E-state index < -0.39 is 0 Å². The third-order valence-electron chi connectivity index (χ3n) is 4.07. The summed E-state index contributed by atoms with van der Waals surface area (Å²) in [6, 6.07) is 18.9. The second-order valence-electron chi connectivity index (χ2n) is 5.75. The first-order valence-corrected chi connectivity index (χ1v) is 7.98. The zero-order valence-electron chi connectivity index (χ0n) is 13.4. The van der Waals surface area contributed by atoms with Gasteiger partial charge in [0, 0.05) is 32.7 Å². The van der Waals surface area contributed by atoms with Crippen molar-refractivity contribution in [3.05, 3.63) is 65.7 Å². The van der Waals surface area contributed by atoms with Crippen molar-refractivity contribution in [3.63, 3.8) is 0 Å². The molecule has 1 aliphatic heterocycles. The topological polar surface area (TPSA) is 56.6 Å². The number of benzene rings is 2. The number of piperazine rings is 1. The van der Waals surface area contributed by atoms with Gasteiger partial charge in [0.1, 0.15) is 5.75 Å². The number of nitriles is 1. The van der Waals surface area contributed by atoms with Crippen molar-refractivity contribution in [2.75, 3.05) is 26.2 Å². The van der Waals surface area contributed by atoms with Crippen LogP contribution in [0.4, 0.5) is 4.79 Å². The smallest absolute Gasteiger partial charge is 0.410 e. The highest BCUT2D eigenvalue weighted by molar-refractivity contribution is 5.70. The van der Waals surface area contributed by atoms with E-state index in [1.54, 1.807) is 17.0 Å². The molecule has 1 saturated heterocycles. The summed E-state index contributed by atoms with van der Waals surface area (Å²) in [6.07, 6.45) is -0.292. The number of para-hydroxylation sites is 1. The molecule has 0 aliphatic carbocycles. The molecule has 122 valence electrons. The van der Waals surface area contributed by atoms with Crippen LogP contribution >= 0.6 is 0 Å². The van der Waals surface area contributed by atoms with Crippen LogP contribution in [0.5, 0.6) is 5.75 Å². The Morgan fingerprint density at radius 1 is 1.00 bits per heavy atom. The van der Waals surface area contributed by atoms with Gasteiger partial charge in [-0.05, 0) is 29.8 Å². The standard InChI is InChI=1S/C19H19N3O2/c20-14-16-6-8-17(9-7-16)15-21-10-12-22(13-11-21)19(23)24-18-4-2-1-3-5-18/h1-9H,10-13,15H2. The molecule has 1 fully saturated rings. The summed E-state index contributed by atoms with van der Waals surface area (Å²) >= 11 is 0. The molecule has 0 saturated carbocycles. The first-order valence-electron chi connectivity index (χ1n) is 7.98. The third-order valence-corrected chi connectivity index (χ3v) is 4.07. The molecule has 5 nitrogen and oxygen atoms in total. The Labute approximate surface area is 141 Å². The molecule has 2 aromatic rings. The van der Waals surface area contributed by atoms with E-state index in [1.165, 1.54) is 5.56 Å². The van der Waals surface area contributed by atoms with Gasteiger partial charge in [-0.2, -0.15) is 5.26 Å². The predicted molar refractivity (Wildman–Crippen MR) is 90.5 cm³/mol. The van der Waals surface area contributed by atoms with Crippen LogP contribution in [0, 0.1) is 11.3 Å². The van der Waals surface area contributed by atoms with Gasteiger partial charge in [-0.25, -0.2) is 4.79 Å². The Morgan fingerprint density at radius 3 is 2.29 bits per heavy atom. The van der Waals surface area contributed by atoms with E-state index in [2.05, 4.69) is 11.0 Å². The van der Waals surface area contributed by atoms with Crippen LogP contribution in [-0.2, 0) is 6.54 Å². The van der Waals surface area contributed by atoms with Crippen LogP contribution in [0.25, 0.3) is 0 Å². The lowest BCUT2D eigenvalue weighted by Gasteiger charge is -2.34. The third kappa shape index (κ3) is 4.12. The van der Waals surface area contributed by atoms with Crippen molar-refractivity contribution in [1.29, 1.82) is 5.26 Å². The average Bonchev–Trinajstić information content (AvgIpc) is 2.64. The maximum Gasteiger partial charge on any atom is 0.415 e. The number of rotatable bonds is 3. The Kier molecular flexibility index (Phi) is 5.09. The molecule has 0 N–H and O–H groups in total. The van der Waals surface area contributed by atoms with E-state index in [-0.39, 0.29) is 6.09 Å². The lowest BCUT2D eigenvalue weighted by molar-refractivity contribution is 0.108. The van der Waals surface area contributed by atoms with Crippen molar-refractivity contribution in [3.8, 4) is 11.8 Å². The van der Waals surface area contributed by atoms with Crippen LogP contribution in [-0.4, -0.2) is 42.1 Å². The number of carbonyl (C=O) groups is 1. The van der Waals surface area contributed by atoms with Gasteiger partial charge in [0.05, 0.1) is 11.6 Å². The lowest BCUT2D eigenvalue weighted by atomic mass is 10.1. The fourth-order valence-corrected chi connectivity index (χ4v) is 2.69. The van der Waals surface area contributed by atoms with Gasteiger partial charge in [0.15, 0.2) is 0 Å². The first-order chi connectivity index (χ1) is 11.7. The van der Waals surface area contributed by atoms with Gasteiger partial charge in [-0.15, -0.1) is 0 Å². The molecule has 1 heterocycles. The Bertz CT molecular complexity index is 715. The summed E-state index contributed by atoms with van der Waals surface area (Å²) in [7, 11) is 0. The normalized spacial score (nSPS) is 14.9. The fourth-order valence-electron chi connectivity index (χ4n) is 2.69. The molecule has 2 aromatic carbocycles. The summed E-state index contributed by atoms with van der Waals surface area (Å²) in [5.74, 6) is 0.572. The highest BCUT2D eigenvalue weighted by atomic mass is 16.6. The van der Waals surface area contributed by atoms with E-state index in [0.29, 0.717) is 24.4 Å². The van der Waals surface area contributed by atoms with Crippen molar-refractivity contribution in [1.82, 2.24) is 9.80 Å². The molecule has 0 unspecified atom stereocenters.